The van der Waals surface area contributed by atoms with E-state index >= 15 is 0 Å². The predicted octanol–water partition coefficient (Wildman–Crippen LogP) is 6.10. The first kappa shape index (κ1) is 26.1. The molecule has 0 saturated carbocycles. The number of hydrogen-bond donors (Lipinski definition) is 0. The molecule has 1 heterocycles. The third kappa shape index (κ3) is 7.47. The maximum atomic E-state index is 12.7. The Morgan fingerprint density at radius 1 is 1.12 bits per heavy atom. The van der Waals surface area contributed by atoms with Gasteiger partial charge in [0.05, 0.1) is 6.54 Å². The van der Waals surface area contributed by atoms with Gasteiger partial charge in [-0.3, -0.25) is 9.69 Å². The number of hydrogen-bond acceptors (Lipinski definition) is 3. The van der Waals surface area contributed by atoms with Crippen molar-refractivity contribution < 1.29 is 9.53 Å². The molecule has 1 aliphatic rings. The van der Waals surface area contributed by atoms with E-state index in [4.69, 9.17) is 4.74 Å². The maximum Gasteiger partial charge on any atom is 0.238 e. The van der Waals surface area contributed by atoms with Crippen LogP contribution in [0.5, 0.6) is 5.75 Å². The van der Waals surface area contributed by atoms with Crippen LogP contribution < -0.4 is 4.74 Å². The highest BCUT2D eigenvalue weighted by molar-refractivity contribution is 5.81. The number of amides is 1. The molecule has 0 radical (unpaired) electrons. The van der Waals surface area contributed by atoms with Gasteiger partial charge in [0.25, 0.3) is 0 Å². The molecule has 3 rings (SSSR count). The van der Waals surface area contributed by atoms with Crippen molar-refractivity contribution in [3.63, 3.8) is 0 Å². The molecule has 0 bridgehead atoms. The predicted molar refractivity (Wildman–Crippen MR) is 138 cm³/mol. The van der Waals surface area contributed by atoms with Gasteiger partial charge in [-0.15, -0.1) is 0 Å². The lowest BCUT2D eigenvalue weighted by Gasteiger charge is -2.28. The van der Waals surface area contributed by atoms with Gasteiger partial charge in [-0.1, -0.05) is 86.7 Å². The Morgan fingerprint density at radius 2 is 1.79 bits per heavy atom. The summed E-state index contributed by atoms with van der Waals surface area (Å²) in [4.78, 5) is 16.7. The highest BCUT2D eigenvalue weighted by Crippen LogP contribution is 2.30. The van der Waals surface area contributed by atoms with Crippen molar-refractivity contribution >= 4 is 5.91 Å². The minimum atomic E-state index is -0.0498. The van der Waals surface area contributed by atoms with Gasteiger partial charge in [-0.2, -0.15) is 0 Å². The van der Waals surface area contributed by atoms with Gasteiger partial charge in [-0.05, 0) is 56.1 Å². The van der Waals surface area contributed by atoms with Crippen LogP contribution in [0, 0.1) is 6.92 Å². The van der Waals surface area contributed by atoms with E-state index in [1.54, 1.807) is 6.08 Å². The fourth-order valence-corrected chi connectivity index (χ4v) is 3.87. The van der Waals surface area contributed by atoms with Crippen LogP contribution in [-0.2, 0) is 11.2 Å². The quantitative estimate of drug-likeness (QED) is 0.436. The number of rotatable bonds is 9. The molecule has 1 fully saturated rings. The number of carbonyl (C=O) groups is 1. The summed E-state index contributed by atoms with van der Waals surface area (Å²) < 4.78 is 5.92. The van der Waals surface area contributed by atoms with E-state index in [0.717, 1.165) is 23.3 Å². The van der Waals surface area contributed by atoms with Crippen molar-refractivity contribution in [2.45, 2.75) is 40.3 Å². The van der Waals surface area contributed by atoms with Crippen molar-refractivity contribution in [3.8, 4) is 5.75 Å². The summed E-state index contributed by atoms with van der Waals surface area (Å²) in [6.45, 7) is 13.4. The first-order valence-electron chi connectivity index (χ1n) is 11.7. The molecule has 0 spiro atoms. The Labute approximate surface area is 199 Å². The zero-order valence-corrected chi connectivity index (χ0v) is 20.8. The smallest absolute Gasteiger partial charge is 0.238 e. The molecule has 0 aromatic heterocycles. The second kappa shape index (κ2) is 13.4. The Morgan fingerprint density at radius 3 is 2.39 bits per heavy atom. The third-order valence-corrected chi connectivity index (χ3v) is 5.48. The number of ether oxygens (including phenoxy) is 1. The number of nitrogens with zero attached hydrogens (tertiary/aromatic N) is 2. The van der Waals surface area contributed by atoms with Gasteiger partial charge in [0.1, 0.15) is 18.5 Å². The average molecular weight is 447 g/mol. The van der Waals surface area contributed by atoms with Crippen molar-refractivity contribution in [2.75, 3.05) is 26.7 Å². The topological polar surface area (TPSA) is 32.8 Å². The van der Waals surface area contributed by atoms with E-state index in [2.05, 4.69) is 54.8 Å². The van der Waals surface area contributed by atoms with Gasteiger partial charge in [0.15, 0.2) is 0 Å². The Kier molecular flexibility index (Phi) is 10.6. The molecule has 1 atom stereocenters. The van der Waals surface area contributed by atoms with Crippen LogP contribution in [0.3, 0.4) is 0 Å². The minimum Gasteiger partial charge on any atom is -0.489 e. The number of carbonyl (C=O) groups excluding carboxylic acids is 1. The first-order chi connectivity index (χ1) is 16.0. The molecule has 176 valence electrons. The lowest BCUT2D eigenvalue weighted by molar-refractivity contribution is -0.128. The molecular formula is C29H38N2O2. The summed E-state index contributed by atoms with van der Waals surface area (Å²) in [5.74, 6) is 0.979. The van der Waals surface area contributed by atoms with Gasteiger partial charge < -0.3 is 9.64 Å². The zero-order valence-electron chi connectivity index (χ0n) is 20.8. The lowest BCUT2D eigenvalue weighted by Crippen LogP contribution is -2.32. The molecule has 0 N–H and O–H groups in total. The SMILES string of the molecule is C=C/C=C(\C=C/C)COc1ccc(C2N(C)CC(=O)N2CCc2ccc(C)cc2)cc1.CC. The summed E-state index contributed by atoms with van der Waals surface area (Å²) in [5.41, 5.74) is 4.66. The highest BCUT2D eigenvalue weighted by Gasteiger charge is 2.36. The molecule has 2 aromatic rings. The van der Waals surface area contributed by atoms with Crippen molar-refractivity contribution in [2.24, 2.45) is 0 Å². The van der Waals surface area contributed by atoms with Crippen molar-refractivity contribution in [1.29, 1.82) is 0 Å². The number of benzene rings is 2. The van der Waals surface area contributed by atoms with Crippen molar-refractivity contribution in [3.05, 3.63) is 102 Å². The fourth-order valence-electron chi connectivity index (χ4n) is 3.87. The Balaban J connectivity index is 0.00000187. The number of allylic oxidation sites excluding steroid dienone is 3. The summed E-state index contributed by atoms with van der Waals surface area (Å²) in [5, 5.41) is 0. The third-order valence-electron chi connectivity index (χ3n) is 5.48. The molecule has 4 nitrogen and oxygen atoms in total. The van der Waals surface area contributed by atoms with E-state index in [0.29, 0.717) is 19.7 Å². The average Bonchev–Trinajstić information content (AvgIpc) is 3.11. The van der Waals surface area contributed by atoms with Gasteiger partial charge in [0.2, 0.25) is 5.91 Å². The van der Waals surface area contributed by atoms with Crippen LogP contribution in [0.25, 0.3) is 0 Å². The Bertz CT molecular complexity index is 943. The van der Waals surface area contributed by atoms with Crippen LogP contribution >= 0.6 is 0 Å². The monoisotopic (exact) mass is 446 g/mol. The summed E-state index contributed by atoms with van der Waals surface area (Å²) >= 11 is 0. The highest BCUT2D eigenvalue weighted by atomic mass is 16.5. The summed E-state index contributed by atoms with van der Waals surface area (Å²) in [6, 6.07) is 16.6. The second-order valence-electron chi connectivity index (χ2n) is 7.95. The van der Waals surface area contributed by atoms with Crippen LogP contribution in [-0.4, -0.2) is 42.5 Å². The molecule has 1 unspecified atom stereocenters. The number of aryl methyl sites for hydroxylation is 1. The maximum absolute atomic E-state index is 12.7. The lowest BCUT2D eigenvalue weighted by atomic mass is 10.1. The first-order valence-corrected chi connectivity index (χ1v) is 11.7. The van der Waals surface area contributed by atoms with Crippen molar-refractivity contribution in [1.82, 2.24) is 9.80 Å². The normalized spacial score (nSPS) is 16.6. The molecule has 0 aliphatic carbocycles. The minimum absolute atomic E-state index is 0.0498. The van der Waals surface area contributed by atoms with Gasteiger partial charge in [-0.25, -0.2) is 0 Å². The van der Waals surface area contributed by atoms with Gasteiger partial charge >= 0.3 is 0 Å². The molecular weight excluding hydrogens is 408 g/mol. The van der Waals surface area contributed by atoms with E-state index < -0.39 is 0 Å². The van der Waals surface area contributed by atoms with Crippen LogP contribution in [0.15, 0.2) is 85.0 Å². The molecule has 4 heteroatoms. The van der Waals surface area contributed by atoms with E-state index in [9.17, 15) is 4.79 Å². The van der Waals surface area contributed by atoms with Crippen LogP contribution in [0.1, 0.15) is 43.6 Å². The Hall–Kier alpha value is -3.11. The fraction of sp³-hybridized carbons (Fsp3) is 0.345. The second-order valence-corrected chi connectivity index (χ2v) is 7.95. The van der Waals surface area contributed by atoms with E-state index in [1.807, 2.05) is 63.1 Å². The van der Waals surface area contributed by atoms with Gasteiger partial charge in [0, 0.05) is 6.54 Å². The molecule has 1 amide bonds. The standard InChI is InChI=1S/C27H32N2O2.C2H6/c1-5-7-23(8-6-2)20-31-25-15-13-24(14-16-25)27-28(4)19-26(30)29(27)18-17-22-11-9-21(3)10-12-22;1-2/h5-16,27H,1,17-20H2,2-4H3;1-2H3/b8-6-,23-7+;. The largest absolute Gasteiger partial charge is 0.489 e. The molecule has 2 aromatic carbocycles. The van der Waals surface area contributed by atoms with Crippen LogP contribution in [0.4, 0.5) is 0 Å². The molecule has 1 saturated heterocycles. The van der Waals surface area contributed by atoms with Crippen LogP contribution in [0.2, 0.25) is 0 Å². The summed E-state index contributed by atoms with van der Waals surface area (Å²) in [6.07, 6.45) is 8.51. The molecule has 1 aliphatic heterocycles. The van der Waals surface area contributed by atoms with E-state index in [-0.39, 0.29) is 12.1 Å². The molecule has 33 heavy (non-hydrogen) atoms. The summed E-state index contributed by atoms with van der Waals surface area (Å²) in [7, 11) is 2.00. The van der Waals surface area contributed by atoms with E-state index in [1.165, 1.54) is 11.1 Å². The number of likely N-dealkylation sites (N-methyl/N-ethyl adjacent to an activating group) is 1. The zero-order chi connectivity index (χ0) is 24.2.